The maximum atomic E-state index is 13.4. The lowest BCUT2D eigenvalue weighted by molar-refractivity contribution is -0.125. The molecule has 148 valence electrons. The minimum atomic E-state index is -0.962. The number of alkyl halides is 1. The van der Waals surface area contributed by atoms with Crippen molar-refractivity contribution < 1.29 is 14.0 Å². The molecule has 10 heteroatoms. The Labute approximate surface area is 171 Å². The van der Waals surface area contributed by atoms with Gasteiger partial charge in [-0.05, 0) is 35.7 Å². The zero-order chi connectivity index (χ0) is 20.1. The number of anilines is 1. The Kier molecular flexibility index (Phi) is 6.74. The van der Waals surface area contributed by atoms with Crippen LogP contribution in [0.4, 0.5) is 10.1 Å². The lowest BCUT2D eigenvalue weighted by Crippen LogP contribution is -2.33. The molecule has 0 bridgehead atoms. The monoisotopic (exact) mass is 425 g/mol. The normalized spacial score (nSPS) is 15.0. The number of rotatable bonds is 7. The molecule has 1 aromatic heterocycles. The summed E-state index contributed by atoms with van der Waals surface area (Å²) in [5.74, 6) is -1.31. The van der Waals surface area contributed by atoms with E-state index in [0.717, 1.165) is 24.2 Å². The summed E-state index contributed by atoms with van der Waals surface area (Å²) in [6, 6.07) is 7.34. The number of aromatic nitrogens is 3. The number of carbonyl (C=O) groups is 2. The molecule has 1 unspecified atom stereocenters. The summed E-state index contributed by atoms with van der Waals surface area (Å²) in [6.07, 6.45) is 1.40. The van der Waals surface area contributed by atoms with Crippen molar-refractivity contribution in [3.63, 3.8) is 0 Å². The number of benzene rings is 1. The van der Waals surface area contributed by atoms with E-state index in [4.69, 9.17) is 23.2 Å². The van der Waals surface area contributed by atoms with Gasteiger partial charge in [0.1, 0.15) is 12.4 Å². The minimum Gasteiger partial charge on any atom is -0.352 e. The largest absolute Gasteiger partial charge is 0.352 e. The van der Waals surface area contributed by atoms with Crippen molar-refractivity contribution in [3.05, 3.63) is 46.0 Å². The van der Waals surface area contributed by atoms with Crippen molar-refractivity contribution in [2.24, 2.45) is 5.92 Å². The second-order valence-electron chi connectivity index (χ2n) is 6.41. The molecule has 0 spiro atoms. The van der Waals surface area contributed by atoms with Gasteiger partial charge >= 0.3 is 0 Å². The third-order valence-corrected chi connectivity index (χ3v) is 4.93. The molecule has 0 radical (unpaired) electrons. The predicted molar refractivity (Wildman–Crippen MR) is 103 cm³/mol. The standard InChI is InChI=1S/C18H18Cl2FN5O2/c19-16-14(24-25-18(20)23-16)8-12(9-21)17(28)22-10-11-3-5-13(6-4-11)26-7-1-2-15(26)27/h3-6,12H,1-2,7-10H2,(H,22,28). The van der Waals surface area contributed by atoms with Crippen molar-refractivity contribution in [1.29, 1.82) is 0 Å². The zero-order valence-electron chi connectivity index (χ0n) is 14.9. The maximum Gasteiger partial charge on any atom is 0.244 e. The van der Waals surface area contributed by atoms with Crippen LogP contribution in [0, 0.1) is 5.92 Å². The molecule has 3 rings (SSSR count). The lowest BCUT2D eigenvalue weighted by Gasteiger charge is -2.16. The number of hydrogen-bond acceptors (Lipinski definition) is 5. The van der Waals surface area contributed by atoms with Crippen molar-refractivity contribution >= 4 is 40.7 Å². The first-order valence-electron chi connectivity index (χ1n) is 8.75. The Hall–Kier alpha value is -2.32. The molecular formula is C18H18Cl2FN5O2. The number of amides is 2. The molecule has 1 fully saturated rings. The van der Waals surface area contributed by atoms with Crippen LogP contribution in [0.25, 0.3) is 0 Å². The van der Waals surface area contributed by atoms with Crippen molar-refractivity contribution in [1.82, 2.24) is 20.5 Å². The SMILES string of the molecule is O=C(NCc1ccc(N2CCCC2=O)cc1)C(CF)Cc1nnc(Cl)nc1Cl. The molecule has 0 aliphatic carbocycles. The first kappa shape index (κ1) is 20.4. The molecule has 2 aromatic rings. The van der Waals surface area contributed by atoms with Gasteiger partial charge in [0.25, 0.3) is 0 Å². The van der Waals surface area contributed by atoms with Crippen LogP contribution < -0.4 is 10.2 Å². The summed E-state index contributed by atoms with van der Waals surface area (Å²) in [7, 11) is 0. The molecule has 2 amide bonds. The molecule has 1 aromatic carbocycles. The zero-order valence-corrected chi connectivity index (χ0v) is 16.4. The van der Waals surface area contributed by atoms with Gasteiger partial charge in [0, 0.05) is 31.6 Å². The Morgan fingerprint density at radius 2 is 2.00 bits per heavy atom. The van der Waals surface area contributed by atoms with Crippen molar-refractivity contribution in [3.8, 4) is 0 Å². The van der Waals surface area contributed by atoms with E-state index in [9.17, 15) is 14.0 Å². The lowest BCUT2D eigenvalue weighted by atomic mass is 10.0. The Balaban J connectivity index is 1.56. The predicted octanol–water partition coefficient (Wildman–Crippen LogP) is 2.75. The van der Waals surface area contributed by atoms with Crippen LogP contribution >= 0.6 is 23.2 Å². The van der Waals surface area contributed by atoms with Crippen LogP contribution in [0.3, 0.4) is 0 Å². The average Bonchev–Trinajstić information content (AvgIpc) is 3.12. The van der Waals surface area contributed by atoms with Crippen molar-refractivity contribution in [2.45, 2.75) is 25.8 Å². The van der Waals surface area contributed by atoms with Gasteiger partial charge in [-0.2, -0.15) is 0 Å². The van der Waals surface area contributed by atoms with E-state index in [2.05, 4.69) is 20.5 Å². The van der Waals surface area contributed by atoms with Crippen LogP contribution in [-0.2, 0) is 22.6 Å². The van der Waals surface area contributed by atoms with E-state index in [1.807, 2.05) is 24.3 Å². The van der Waals surface area contributed by atoms with Crippen LogP contribution in [-0.4, -0.2) is 40.2 Å². The number of nitrogens with one attached hydrogen (secondary N) is 1. The number of nitrogens with zero attached hydrogens (tertiary/aromatic N) is 4. The van der Waals surface area contributed by atoms with Gasteiger partial charge in [0.15, 0.2) is 5.15 Å². The van der Waals surface area contributed by atoms with Crippen LogP contribution in [0.15, 0.2) is 24.3 Å². The van der Waals surface area contributed by atoms with E-state index in [0.29, 0.717) is 6.42 Å². The van der Waals surface area contributed by atoms with Crippen molar-refractivity contribution in [2.75, 3.05) is 18.1 Å². The maximum absolute atomic E-state index is 13.4. The first-order chi connectivity index (χ1) is 13.5. The fourth-order valence-corrected chi connectivity index (χ4v) is 3.30. The highest BCUT2D eigenvalue weighted by molar-refractivity contribution is 6.32. The van der Waals surface area contributed by atoms with Gasteiger partial charge in [-0.3, -0.25) is 14.0 Å². The van der Waals surface area contributed by atoms with Gasteiger partial charge in [-0.1, -0.05) is 23.7 Å². The third kappa shape index (κ3) is 4.94. The van der Waals surface area contributed by atoms with Gasteiger partial charge in [-0.15, -0.1) is 10.2 Å². The molecule has 1 aliphatic heterocycles. The molecule has 1 saturated heterocycles. The second-order valence-corrected chi connectivity index (χ2v) is 7.10. The smallest absolute Gasteiger partial charge is 0.244 e. The summed E-state index contributed by atoms with van der Waals surface area (Å²) < 4.78 is 13.4. The van der Waals surface area contributed by atoms with Crippen LogP contribution in [0.2, 0.25) is 10.4 Å². The molecule has 2 heterocycles. The molecule has 1 N–H and O–H groups in total. The molecule has 7 nitrogen and oxygen atoms in total. The summed E-state index contributed by atoms with van der Waals surface area (Å²) in [4.78, 5) is 29.6. The number of hydrogen-bond donors (Lipinski definition) is 1. The van der Waals surface area contributed by atoms with E-state index in [-0.39, 0.29) is 35.0 Å². The highest BCUT2D eigenvalue weighted by atomic mass is 35.5. The first-order valence-corrected chi connectivity index (χ1v) is 9.51. The topological polar surface area (TPSA) is 88.1 Å². The molecular weight excluding hydrogens is 408 g/mol. The van der Waals surface area contributed by atoms with Gasteiger partial charge in [0.2, 0.25) is 17.1 Å². The van der Waals surface area contributed by atoms with E-state index in [1.54, 1.807) is 4.90 Å². The van der Waals surface area contributed by atoms with E-state index < -0.39 is 18.5 Å². The quantitative estimate of drug-likeness (QED) is 0.736. The minimum absolute atomic E-state index is 0.00158. The summed E-state index contributed by atoms with van der Waals surface area (Å²) >= 11 is 11.5. The van der Waals surface area contributed by atoms with Crippen LogP contribution in [0.5, 0.6) is 0 Å². The van der Waals surface area contributed by atoms with E-state index in [1.165, 1.54) is 0 Å². The Morgan fingerprint density at radius 3 is 2.61 bits per heavy atom. The molecule has 28 heavy (non-hydrogen) atoms. The molecule has 1 aliphatic rings. The summed E-state index contributed by atoms with van der Waals surface area (Å²) in [5.41, 5.74) is 1.89. The Morgan fingerprint density at radius 1 is 1.25 bits per heavy atom. The summed E-state index contributed by atoms with van der Waals surface area (Å²) in [5, 5.41) is 9.91. The fourth-order valence-electron chi connectivity index (χ4n) is 2.93. The summed E-state index contributed by atoms with van der Waals surface area (Å²) in [6.45, 7) is 0.0857. The highest BCUT2D eigenvalue weighted by Gasteiger charge is 2.23. The average molecular weight is 426 g/mol. The van der Waals surface area contributed by atoms with Gasteiger partial charge in [0.05, 0.1) is 5.92 Å². The van der Waals surface area contributed by atoms with Crippen LogP contribution in [0.1, 0.15) is 24.1 Å². The molecule has 0 saturated carbocycles. The van der Waals surface area contributed by atoms with Gasteiger partial charge < -0.3 is 10.2 Å². The number of halogens is 3. The second kappa shape index (κ2) is 9.25. The highest BCUT2D eigenvalue weighted by Crippen LogP contribution is 2.22. The van der Waals surface area contributed by atoms with E-state index >= 15 is 0 Å². The number of carbonyl (C=O) groups excluding carboxylic acids is 2. The Bertz CT molecular complexity index is 866. The third-order valence-electron chi connectivity index (χ3n) is 4.47. The molecule has 1 atom stereocenters. The van der Waals surface area contributed by atoms with Gasteiger partial charge in [-0.25, -0.2) is 4.98 Å². The fraction of sp³-hybridized carbons (Fsp3) is 0.389.